The number of likely N-dealkylation sites (N-methyl/N-ethyl adjacent to an activating group) is 1. The molecule has 0 radical (unpaired) electrons. The number of methoxy groups -OCH3 is 1. The van der Waals surface area contributed by atoms with Crippen molar-refractivity contribution in [2.24, 2.45) is 0 Å². The van der Waals surface area contributed by atoms with Crippen molar-refractivity contribution < 1.29 is 17.9 Å². The molecule has 0 aliphatic heterocycles. The second-order valence-electron chi connectivity index (χ2n) is 4.40. The molecule has 0 spiro atoms. The Morgan fingerprint density at radius 1 is 1.20 bits per heavy atom. The predicted molar refractivity (Wildman–Crippen MR) is 78.7 cm³/mol. The van der Waals surface area contributed by atoms with Gasteiger partial charge in [0.2, 0.25) is 0 Å². The molecule has 1 rings (SSSR count). The molecule has 1 aromatic carbocycles. The van der Waals surface area contributed by atoms with Gasteiger partial charge in [-0.25, -0.2) is 8.42 Å². The van der Waals surface area contributed by atoms with Gasteiger partial charge in [0, 0.05) is 12.2 Å². The molecule has 20 heavy (non-hydrogen) atoms. The molecular weight excluding hydrogens is 278 g/mol. The van der Waals surface area contributed by atoms with Crippen LogP contribution in [0.5, 0.6) is 0 Å². The van der Waals surface area contributed by atoms with Crippen LogP contribution < -0.4 is 4.90 Å². The third-order valence-corrected chi connectivity index (χ3v) is 4.90. The lowest BCUT2D eigenvalue weighted by atomic mass is 10.3. The molecule has 0 N–H and O–H groups in total. The van der Waals surface area contributed by atoms with E-state index in [1.54, 1.807) is 24.3 Å². The van der Waals surface area contributed by atoms with Crippen molar-refractivity contribution in [2.75, 3.05) is 30.9 Å². The van der Waals surface area contributed by atoms with Crippen LogP contribution >= 0.6 is 0 Å². The van der Waals surface area contributed by atoms with E-state index in [4.69, 9.17) is 0 Å². The summed E-state index contributed by atoms with van der Waals surface area (Å²) in [5, 5.41) is 0. The van der Waals surface area contributed by atoms with Gasteiger partial charge in [0.15, 0.2) is 9.84 Å². The second-order valence-corrected chi connectivity index (χ2v) is 6.51. The minimum absolute atomic E-state index is 0.145. The Hall–Kier alpha value is -1.56. The molecule has 5 nitrogen and oxygen atoms in total. The van der Waals surface area contributed by atoms with Crippen molar-refractivity contribution in [1.82, 2.24) is 0 Å². The average Bonchev–Trinajstić information content (AvgIpc) is 2.44. The Morgan fingerprint density at radius 3 is 2.25 bits per heavy atom. The highest BCUT2D eigenvalue weighted by atomic mass is 32.2. The van der Waals surface area contributed by atoms with E-state index in [9.17, 15) is 13.2 Å². The maximum atomic E-state index is 11.9. The molecule has 0 atom stereocenters. The number of esters is 1. The van der Waals surface area contributed by atoms with Gasteiger partial charge in [0.1, 0.15) is 6.54 Å². The fourth-order valence-electron chi connectivity index (χ4n) is 1.86. The molecule has 112 valence electrons. The van der Waals surface area contributed by atoms with Crippen molar-refractivity contribution in [3.8, 4) is 0 Å². The third-order valence-electron chi connectivity index (χ3n) is 2.96. The molecule has 6 heteroatoms. The van der Waals surface area contributed by atoms with Gasteiger partial charge in [-0.1, -0.05) is 6.92 Å². The molecule has 0 saturated carbocycles. The fourth-order valence-corrected chi connectivity index (χ4v) is 3.18. The summed E-state index contributed by atoms with van der Waals surface area (Å²) in [4.78, 5) is 13.4. The molecule has 1 aromatic rings. The zero-order chi connectivity index (χ0) is 15.2. The van der Waals surface area contributed by atoms with E-state index in [1.165, 1.54) is 7.11 Å². The summed E-state index contributed by atoms with van der Waals surface area (Å²) < 4.78 is 28.5. The highest BCUT2D eigenvalue weighted by Crippen LogP contribution is 2.19. The van der Waals surface area contributed by atoms with E-state index in [0.29, 0.717) is 17.9 Å². The highest BCUT2D eigenvalue weighted by Gasteiger charge is 2.14. The number of anilines is 1. The van der Waals surface area contributed by atoms with Crippen LogP contribution in [0.1, 0.15) is 20.3 Å². The maximum absolute atomic E-state index is 11.9. The number of carbonyl (C=O) groups is 1. The maximum Gasteiger partial charge on any atom is 0.325 e. The average molecular weight is 299 g/mol. The lowest BCUT2D eigenvalue weighted by molar-refractivity contribution is -0.138. The molecule has 0 amide bonds. The van der Waals surface area contributed by atoms with Crippen LogP contribution in [0.15, 0.2) is 29.2 Å². The van der Waals surface area contributed by atoms with Gasteiger partial charge in [0.25, 0.3) is 0 Å². The van der Waals surface area contributed by atoms with Crippen LogP contribution in [-0.2, 0) is 19.4 Å². The Labute approximate surface area is 120 Å². The Morgan fingerprint density at radius 2 is 1.80 bits per heavy atom. The van der Waals surface area contributed by atoms with Gasteiger partial charge < -0.3 is 9.64 Å². The second kappa shape index (κ2) is 7.28. The van der Waals surface area contributed by atoms with Crippen LogP contribution in [0.4, 0.5) is 5.69 Å². The van der Waals surface area contributed by atoms with Crippen molar-refractivity contribution in [3.05, 3.63) is 24.3 Å². The number of hydrogen-bond acceptors (Lipinski definition) is 5. The summed E-state index contributed by atoms with van der Waals surface area (Å²) in [6, 6.07) is 6.60. The molecule has 0 saturated heterocycles. The molecule has 0 heterocycles. The van der Waals surface area contributed by atoms with Crippen LogP contribution in [0.2, 0.25) is 0 Å². The third kappa shape index (κ3) is 4.23. The van der Waals surface area contributed by atoms with Crippen molar-refractivity contribution >= 4 is 21.5 Å². The summed E-state index contributed by atoms with van der Waals surface area (Å²) in [5.74, 6) is -0.180. The molecular formula is C14H21NO4S. The zero-order valence-corrected chi connectivity index (χ0v) is 12.9. The Kier molecular flexibility index (Phi) is 6.01. The minimum atomic E-state index is -3.20. The molecule has 0 aliphatic carbocycles. The van der Waals surface area contributed by atoms with Gasteiger partial charge in [-0.2, -0.15) is 0 Å². The Bertz CT molecular complexity index is 537. The van der Waals surface area contributed by atoms with E-state index in [1.807, 2.05) is 18.7 Å². The molecule has 0 bridgehead atoms. The van der Waals surface area contributed by atoms with E-state index >= 15 is 0 Å². The Balaban J connectivity index is 2.92. The molecule has 0 aliphatic rings. The fraction of sp³-hybridized carbons (Fsp3) is 0.500. The van der Waals surface area contributed by atoms with Gasteiger partial charge in [-0.3, -0.25) is 4.79 Å². The normalized spacial score (nSPS) is 11.2. The van der Waals surface area contributed by atoms with Crippen molar-refractivity contribution in [1.29, 1.82) is 0 Å². The first-order valence-electron chi connectivity index (χ1n) is 6.59. The number of carbonyl (C=O) groups excluding carboxylic acids is 1. The first kappa shape index (κ1) is 16.5. The number of hydrogen-bond donors (Lipinski definition) is 0. The number of rotatable bonds is 7. The summed E-state index contributed by atoms with van der Waals surface area (Å²) in [5.41, 5.74) is 0.799. The SMILES string of the molecule is CCCS(=O)(=O)c1ccc(N(CC)CC(=O)OC)cc1. The summed E-state index contributed by atoms with van der Waals surface area (Å²) in [7, 11) is -1.85. The van der Waals surface area contributed by atoms with Crippen LogP contribution in [-0.4, -0.2) is 40.3 Å². The molecule has 0 aromatic heterocycles. The minimum Gasteiger partial charge on any atom is -0.468 e. The van der Waals surface area contributed by atoms with E-state index in [-0.39, 0.29) is 18.3 Å². The standard InChI is InChI=1S/C14H21NO4S/c1-4-10-20(17,18)13-8-6-12(7-9-13)15(5-2)11-14(16)19-3/h6-9H,4-5,10-11H2,1-3H3. The number of ether oxygens (including phenoxy) is 1. The highest BCUT2D eigenvalue weighted by molar-refractivity contribution is 7.91. The quantitative estimate of drug-likeness (QED) is 0.719. The topological polar surface area (TPSA) is 63.7 Å². The first-order valence-corrected chi connectivity index (χ1v) is 8.24. The number of sulfone groups is 1. The predicted octanol–water partition coefficient (Wildman–Crippen LogP) is 1.87. The molecule has 0 fully saturated rings. The van der Waals surface area contributed by atoms with Crippen molar-refractivity contribution in [2.45, 2.75) is 25.2 Å². The van der Waals surface area contributed by atoms with Crippen LogP contribution in [0.25, 0.3) is 0 Å². The van der Waals surface area contributed by atoms with Gasteiger partial charge >= 0.3 is 5.97 Å². The summed E-state index contributed by atoms with van der Waals surface area (Å²) >= 11 is 0. The number of nitrogens with zero attached hydrogens (tertiary/aromatic N) is 1. The van der Waals surface area contributed by atoms with Gasteiger partial charge in [-0.05, 0) is 37.6 Å². The van der Waals surface area contributed by atoms with E-state index in [2.05, 4.69) is 4.74 Å². The van der Waals surface area contributed by atoms with Gasteiger partial charge in [-0.15, -0.1) is 0 Å². The smallest absolute Gasteiger partial charge is 0.325 e. The summed E-state index contributed by atoms with van der Waals surface area (Å²) in [6.45, 7) is 4.54. The van der Waals surface area contributed by atoms with Crippen molar-refractivity contribution in [3.63, 3.8) is 0 Å². The van der Waals surface area contributed by atoms with Crippen LogP contribution in [0.3, 0.4) is 0 Å². The largest absolute Gasteiger partial charge is 0.468 e. The first-order chi connectivity index (χ1) is 9.44. The lowest BCUT2D eigenvalue weighted by Crippen LogP contribution is -2.30. The summed E-state index contributed by atoms with van der Waals surface area (Å²) in [6.07, 6.45) is 0.591. The zero-order valence-electron chi connectivity index (χ0n) is 12.1. The van der Waals surface area contributed by atoms with Crippen LogP contribution in [0, 0.1) is 0 Å². The molecule has 0 unspecified atom stereocenters. The van der Waals surface area contributed by atoms with Gasteiger partial charge in [0.05, 0.1) is 17.8 Å². The van der Waals surface area contributed by atoms with E-state index < -0.39 is 9.84 Å². The monoisotopic (exact) mass is 299 g/mol. The van der Waals surface area contributed by atoms with E-state index in [0.717, 1.165) is 5.69 Å². The lowest BCUT2D eigenvalue weighted by Gasteiger charge is -2.21. The number of benzene rings is 1.